The number of nitrogens with zero attached hydrogens (tertiary/aromatic N) is 1. The maximum Gasteiger partial charge on any atom is 0.245 e. The zero-order valence-electron chi connectivity index (χ0n) is 13.1. The average Bonchev–Trinajstić information content (AvgIpc) is 3.17. The average molecular weight is 349 g/mol. The van der Waals surface area contributed by atoms with E-state index in [2.05, 4.69) is 10.5 Å². The molecule has 7 heteroatoms. The van der Waals surface area contributed by atoms with Gasteiger partial charge in [-0.2, -0.15) is 5.10 Å². The minimum absolute atomic E-state index is 0.0796. The smallest absolute Gasteiger partial charge is 0.245 e. The second-order valence-electron chi connectivity index (χ2n) is 5.51. The number of benzene rings is 1. The third-order valence-corrected chi connectivity index (χ3v) is 3.73. The van der Waals surface area contributed by atoms with Crippen LogP contribution in [-0.4, -0.2) is 31.1 Å². The molecule has 2 heterocycles. The molecule has 24 heavy (non-hydrogen) atoms. The summed E-state index contributed by atoms with van der Waals surface area (Å²) >= 11 is 5.97. The highest BCUT2D eigenvalue weighted by Crippen LogP contribution is 2.24. The van der Waals surface area contributed by atoms with Gasteiger partial charge in [0, 0.05) is 10.6 Å². The van der Waals surface area contributed by atoms with Crippen molar-refractivity contribution in [3.63, 3.8) is 0 Å². The maximum atomic E-state index is 11.8. The number of hydrogen-bond acceptors (Lipinski definition) is 5. The summed E-state index contributed by atoms with van der Waals surface area (Å²) in [4.78, 5) is 11.8. The highest BCUT2D eigenvalue weighted by Gasteiger charge is 2.33. The van der Waals surface area contributed by atoms with Gasteiger partial charge in [-0.3, -0.25) is 4.79 Å². The quantitative estimate of drug-likeness (QED) is 0.665. The second kappa shape index (κ2) is 7.17. The van der Waals surface area contributed by atoms with Gasteiger partial charge >= 0.3 is 0 Å². The highest BCUT2D eigenvalue weighted by atomic mass is 35.5. The molecule has 1 fully saturated rings. The third-order valence-electron chi connectivity index (χ3n) is 3.50. The number of hydrogen-bond donors (Lipinski definition) is 1. The number of ether oxygens (including phenoxy) is 2. The van der Waals surface area contributed by atoms with E-state index in [0.29, 0.717) is 29.8 Å². The van der Waals surface area contributed by atoms with Crippen LogP contribution >= 0.6 is 11.6 Å². The molecule has 1 aromatic heterocycles. The molecule has 0 spiro atoms. The van der Waals surface area contributed by atoms with Crippen molar-refractivity contribution in [2.24, 2.45) is 5.10 Å². The van der Waals surface area contributed by atoms with E-state index in [4.69, 9.17) is 25.5 Å². The molecule has 3 rings (SSSR count). The molecule has 1 saturated heterocycles. The molecule has 126 valence electrons. The van der Waals surface area contributed by atoms with Crippen molar-refractivity contribution < 1.29 is 18.7 Å². The summed E-state index contributed by atoms with van der Waals surface area (Å²) in [7, 11) is 0. The van der Waals surface area contributed by atoms with Gasteiger partial charge in [0.1, 0.15) is 11.5 Å². The zero-order chi connectivity index (χ0) is 17.0. The van der Waals surface area contributed by atoms with E-state index in [-0.39, 0.29) is 12.3 Å². The van der Waals surface area contributed by atoms with Gasteiger partial charge in [-0.15, -0.1) is 0 Å². The van der Waals surface area contributed by atoms with E-state index in [1.165, 1.54) is 6.21 Å². The van der Waals surface area contributed by atoms with Crippen molar-refractivity contribution >= 4 is 23.7 Å². The van der Waals surface area contributed by atoms with Gasteiger partial charge in [-0.1, -0.05) is 23.7 Å². The van der Waals surface area contributed by atoms with Crippen molar-refractivity contribution in [3.05, 3.63) is 47.2 Å². The summed E-state index contributed by atoms with van der Waals surface area (Å²) in [5.74, 6) is 0.0250. The van der Waals surface area contributed by atoms with E-state index in [1.54, 1.807) is 19.1 Å². The van der Waals surface area contributed by atoms with Crippen LogP contribution in [0.4, 0.5) is 0 Å². The Morgan fingerprint density at radius 1 is 1.33 bits per heavy atom. The lowest BCUT2D eigenvalue weighted by Crippen LogP contribution is -2.33. The van der Waals surface area contributed by atoms with Crippen molar-refractivity contribution in [2.45, 2.75) is 19.1 Å². The minimum Gasteiger partial charge on any atom is -0.455 e. The SMILES string of the molecule is CC1(CC(=O)NN=Cc2ccc(-c3cccc(Cl)c3)o2)OCCO1. The Balaban J connectivity index is 1.56. The molecule has 0 saturated carbocycles. The first-order chi connectivity index (χ1) is 11.5. The Bertz CT molecular complexity index is 751. The molecule has 1 aromatic carbocycles. The zero-order valence-corrected chi connectivity index (χ0v) is 13.9. The van der Waals surface area contributed by atoms with Gasteiger partial charge in [0.05, 0.1) is 25.8 Å². The second-order valence-corrected chi connectivity index (χ2v) is 5.95. The van der Waals surface area contributed by atoms with E-state index < -0.39 is 5.79 Å². The molecule has 0 atom stereocenters. The molecule has 0 aliphatic carbocycles. The van der Waals surface area contributed by atoms with Crippen LogP contribution in [0, 0.1) is 0 Å². The minimum atomic E-state index is -0.871. The number of furan rings is 1. The fourth-order valence-corrected chi connectivity index (χ4v) is 2.57. The molecule has 2 aromatic rings. The maximum absolute atomic E-state index is 11.8. The van der Waals surface area contributed by atoms with Gasteiger partial charge in [0.25, 0.3) is 0 Å². The topological polar surface area (TPSA) is 73.1 Å². The monoisotopic (exact) mass is 348 g/mol. The number of rotatable bonds is 5. The van der Waals surface area contributed by atoms with Crippen LogP contribution < -0.4 is 5.43 Å². The first kappa shape index (κ1) is 16.7. The fraction of sp³-hybridized carbons (Fsp3) is 0.294. The predicted octanol–water partition coefficient (Wildman–Crippen LogP) is 3.20. The number of carbonyl (C=O) groups is 1. The largest absolute Gasteiger partial charge is 0.455 e. The Hall–Kier alpha value is -2.15. The predicted molar refractivity (Wildman–Crippen MR) is 89.8 cm³/mol. The molecule has 1 aliphatic rings. The number of carbonyl (C=O) groups excluding carboxylic acids is 1. The third kappa shape index (κ3) is 4.23. The highest BCUT2D eigenvalue weighted by molar-refractivity contribution is 6.30. The summed E-state index contributed by atoms with van der Waals surface area (Å²) in [5.41, 5.74) is 3.30. The van der Waals surface area contributed by atoms with E-state index >= 15 is 0 Å². The van der Waals surface area contributed by atoms with Crippen LogP contribution in [-0.2, 0) is 14.3 Å². The summed E-state index contributed by atoms with van der Waals surface area (Å²) in [6, 6.07) is 10.9. The molecular weight excluding hydrogens is 332 g/mol. The van der Waals surface area contributed by atoms with Gasteiger partial charge in [-0.05, 0) is 31.2 Å². The standard InChI is InChI=1S/C17H17ClN2O4/c1-17(22-7-8-23-17)10-16(21)20-19-11-14-5-6-15(24-14)12-3-2-4-13(18)9-12/h2-6,9,11H,7-8,10H2,1H3,(H,20,21). The Morgan fingerprint density at radius 3 is 2.88 bits per heavy atom. The van der Waals surface area contributed by atoms with E-state index in [0.717, 1.165) is 5.56 Å². The number of amides is 1. The molecule has 6 nitrogen and oxygen atoms in total. The molecular formula is C17H17ClN2O4. The van der Waals surface area contributed by atoms with Crippen molar-refractivity contribution in [3.8, 4) is 11.3 Å². The Morgan fingerprint density at radius 2 is 2.12 bits per heavy atom. The van der Waals surface area contributed by atoms with Crippen LogP contribution in [0.2, 0.25) is 5.02 Å². The van der Waals surface area contributed by atoms with Crippen LogP contribution in [0.5, 0.6) is 0 Å². The van der Waals surface area contributed by atoms with Crippen LogP contribution in [0.1, 0.15) is 19.1 Å². The summed E-state index contributed by atoms with van der Waals surface area (Å²) < 4.78 is 16.4. The Kier molecular flexibility index (Phi) is 4.99. The molecule has 1 aliphatic heterocycles. The van der Waals surface area contributed by atoms with Gasteiger partial charge in [-0.25, -0.2) is 5.43 Å². The first-order valence-electron chi connectivity index (χ1n) is 7.50. The van der Waals surface area contributed by atoms with Gasteiger partial charge < -0.3 is 13.9 Å². The lowest BCUT2D eigenvalue weighted by molar-refractivity contribution is -0.159. The molecule has 1 N–H and O–H groups in total. The molecule has 0 radical (unpaired) electrons. The van der Waals surface area contributed by atoms with Gasteiger partial charge in [0.15, 0.2) is 5.79 Å². The number of nitrogens with one attached hydrogen (secondary N) is 1. The van der Waals surface area contributed by atoms with Crippen molar-refractivity contribution in [1.82, 2.24) is 5.43 Å². The van der Waals surface area contributed by atoms with Gasteiger partial charge in [0.2, 0.25) is 5.91 Å². The lowest BCUT2D eigenvalue weighted by atomic mass is 10.2. The Labute approximate surface area is 144 Å². The normalized spacial score (nSPS) is 16.6. The van der Waals surface area contributed by atoms with E-state index in [9.17, 15) is 4.79 Å². The molecule has 0 unspecified atom stereocenters. The van der Waals surface area contributed by atoms with Crippen LogP contribution in [0.15, 0.2) is 45.9 Å². The van der Waals surface area contributed by atoms with Crippen LogP contribution in [0.3, 0.4) is 0 Å². The fourth-order valence-electron chi connectivity index (χ4n) is 2.38. The summed E-state index contributed by atoms with van der Waals surface area (Å²) in [6.45, 7) is 2.71. The summed E-state index contributed by atoms with van der Waals surface area (Å²) in [6.07, 6.45) is 1.51. The van der Waals surface area contributed by atoms with E-state index in [1.807, 2.05) is 24.3 Å². The summed E-state index contributed by atoms with van der Waals surface area (Å²) in [5, 5.41) is 4.52. The molecule has 1 amide bonds. The number of hydrazone groups is 1. The van der Waals surface area contributed by atoms with Crippen molar-refractivity contribution in [1.29, 1.82) is 0 Å². The van der Waals surface area contributed by atoms with Crippen molar-refractivity contribution in [2.75, 3.05) is 13.2 Å². The first-order valence-corrected chi connectivity index (χ1v) is 7.87. The lowest BCUT2D eigenvalue weighted by Gasteiger charge is -2.20. The number of halogens is 1. The molecule has 0 bridgehead atoms. The van der Waals surface area contributed by atoms with Crippen LogP contribution in [0.25, 0.3) is 11.3 Å².